The highest BCUT2D eigenvalue weighted by Crippen LogP contribution is 2.63. The van der Waals surface area contributed by atoms with E-state index in [1.165, 1.54) is 66.4 Å². The molecule has 0 aromatic heterocycles. The normalized spacial score (nSPS) is 26.1. The molecule has 0 radical (unpaired) electrons. The van der Waals surface area contributed by atoms with Gasteiger partial charge in [-0.15, -0.1) is 0 Å². The second-order valence-corrected chi connectivity index (χ2v) is 15.4. The van der Waals surface area contributed by atoms with E-state index in [0.29, 0.717) is 0 Å². The van der Waals surface area contributed by atoms with Crippen molar-refractivity contribution in [2.45, 2.75) is 49.0 Å². The van der Waals surface area contributed by atoms with E-state index in [4.69, 9.17) is 4.74 Å². The second-order valence-electron chi connectivity index (χ2n) is 15.4. The van der Waals surface area contributed by atoms with Gasteiger partial charge in [-0.25, -0.2) is 0 Å². The first-order valence-corrected chi connectivity index (χ1v) is 19.6. The molecule has 2 heterocycles. The van der Waals surface area contributed by atoms with E-state index < -0.39 is 0 Å². The summed E-state index contributed by atoms with van der Waals surface area (Å²) in [5.41, 5.74) is 13.1. The summed E-state index contributed by atoms with van der Waals surface area (Å²) >= 11 is 0. The van der Waals surface area contributed by atoms with Gasteiger partial charge in [-0.2, -0.15) is 0 Å². The smallest absolute Gasteiger partial charge is 0.138 e. The Morgan fingerprint density at radius 3 is 2.26 bits per heavy atom. The molecule has 2 N–H and O–H groups in total. The van der Waals surface area contributed by atoms with Crippen molar-refractivity contribution in [2.24, 2.45) is 5.92 Å². The van der Waals surface area contributed by atoms with Crippen LogP contribution in [0.15, 0.2) is 182 Å². The van der Waals surface area contributed by atoms with E-state index in [0.717, 1.165) is 25.0 Å². The second kappa shape index (κ2) is 12.7. The van der Waals surface area contributed by atoms with Crippen LogP contribution in [0.2, 0.25) is 0 Å². The summed E-state index contributed by atoms with van der Waals surface area (Å²) in [7, 11) is 0. The molecule has 6 unspecified atom stereocenters. The minimum absolute atomic E-state index is 0.0324. The van der Waals surface area contributed by atoms with Crippen molar-refractivity contribution in [3.05, 3.63) is 209 Å². The van der Waals surface area contributed by atoms with Crippen LogP contribution in [0.5, 0.6) is 5.75 Å². The van der Waals surface area contributed by atoms with E-state index in [2.05, 4.69) is 187 Å². The van der Waals surface area contributed by atoms with Gasteiger partial charge in [0.2, 0.25) is 0 Å². The third-order valence-corrected chi connectivity index (χ3v) is 12.7. The monoisotopic (exact) mass is 698 g/mol. The number of benzene rings is 6. The van der Waals surface area contributed by atoms with Gasteiger partial charge in [0.05, 0.1) is 18.2 Å². The molecular formula is C51H42N2O. The highest BCUT2D eigenvalue weighted by atomic mass is 16.5. The fraction of sp³-hybridized carbons (Fsp3) is 0.176. The lowest BCUT2D eigenvalue weighted by atomic mass is 9.60. The zero-order valence-electron chi connectivity index (χ0n) is 30.2. The summed E-state index contributed by atoms with van der Waals surface area (Å²) in [4.78, 5) is 0. The molecule has 3 nitrogen and oxygen atoms in total. The molecule has 1 saturated heterocycles. The zero-order chi connectivity index (χ0) is 35.6. The number of allylic oxidation sites excluding steroid dienone is 8. The SMILES string of the molecule is C1=CCCC(C2(C3C=CC=CC3)c3cc(C4NC(c5ccccc5)NC5c6ccccc6OC45)ccc3-c3c2cc2ccccc2c3-c2ccccc2)=C1. The minimum Gasteiger partial charge on any atom is -0.486 e. The van der Waals surface area contributed by atoms with Gasteiger partial charge >= 0.3 is 0 Å². The summed E-state index contributed by atoms with van der Waals surface area (Å²) in [6.45, 7) is 0. The standard InChI is InChI=1S/C51H42N2O/c1-5-17-33(18-6-1)45-39-26-14-13-21-35(39)31-43-46(45)40-30-29-36(32-42(40)51(43,37-22-9-3-10-23-37)38-24-11-4-12-25-38)47-49-48(41-27-15-16-28-44(41)54-49)53-50(52-47)34-19-7-2-8-20-34/h1-11,13-22,24,26-32,37,47-50,52-53H,12,23,25H2. The van der Waals surface area contributed by atoms with Crippen LogP contribution in [0.4, 0.5) is 0 Å². The molecule has 54 heavy (non-hydrogen) atoms. The van der Waals surface area contributed by atoms with Crippen molar-refractivity contribution in [3.8, 4) is 28.0 Å². The van der Waals surface area contributed by atoms with Crippen molar-refractivity contribution in [1.29, 1.82) is 0 Å². The Kier molecular flexibility index (Phi) is 7.47. The molecule has 0 spiro atoms. The average Bonchev–Trinajstić information content (AvgIpc) is 3.77. The van der Waals surface area contributed by atoms with E-state index in [9.17, 15) is 0 Å². The molecule has 6 aromatic rings. The number of para-hydroxylation sites is 1. The van der Waals surface area contributed by atoms with Gasteiger partial charge in [0.15, 0.2) is 0 Å². The zero-order valence-corrected chi connectivity index (χ0v) is 30.2. The lowest BCUT2D eigenvalue weighted by molar-refractivity contribution is 0.0851. The number of ether oxygens (including phenoxy) is 1. The van der Waals surface area contributed by atoms with Gasteiger partial charge in [0, 0.05) is 11.0 Å². The van der Waals surface area contributed by atoms with Gasteiger partial charge in [0.1, 0.15) is 11.9 Å². The molecule has 2 aliphatic heterocycles. The van der Waals surface area contributed by atoms with Crippen molar-refractivity contribution >= 4 is 10.8 Å². The predicted molar refractivity (Wildman–Crippen MR) is 220 cm³/mol. The number of hydrogen-bond donors (Lipinski definition) is 2. The lowest BCUT2D eigenvalue weighted by Gasteiger charge is -2.43. The van der Waals surface area contributed by atoms with Crippen LogP contribution in [0, 0.1) is 5.92 Å². The minimum atomic E-state index is -0.342. The van der Waals surface area contributed by atoms with Crippen LogP contribution in [-0.2, 0) is 5.41 Å². The molecule has 1 fully saturated rings. The Bertz CT molecular complexity index is 2550. The van der Waals surface area contributed by atoms with Gasteiger partial charge in [-0.3, -0.25) is 10.6 Å². The first-order valence-electron chi connectivity index (χ1n) is 19.6. The Morgan fingerprint density at radius 2 is 1.43 bits per heavy atom. The molecule has 3 heteroatoms. The third kappa shape index (κ3) is 4.75. The van der Waals surface area contributed by atoms with E-state index >= 15 is 0 Å². The number of hydrogen-bond acceptors (Lipinski definition) is 3. The molecule has 6 aromatic carbocycles. The van der Waals surface area contributed by atoms with Gasteiger partial charge < -0.3 is 4.74 Å². The fourth-order valence-corrected chi connectivity index (χ4v) is 10.4. The van der Waals surface area contributed by atoms with Crippen LogP contribution in [0.25, 0.3) is 33.0 Å². The maximum absolute atomic E-state index is 6.89. The molecule has 5 aliphatic rings. The Hall–Kier alpha value is -5.74. The van der Waals surface area contributed by atoms with E-state index in [1.54, 1.807) is 0 Å². The maximum Gasteiger partial charge on any atom is 0.138 e. The van der Waals surface area contributed by atoms with Crippen molar-refractivity contribution < 1.29 is 4.74 Å². The molecule has 6 atom stereocenters. The Labute approximate surface area is 317 Å². The highest BCUT2D eigenvalue weighted by Gasteiger charge is 2.52. The molecule has 262 valence electrons. The summed E-state index contributed by atoms with van der Waals surface area (Å²) in [5.74, 6) is 1.24. The largest absolute Gasteiger partial charge is 0.486 e. The average molecular weight is 699 g/mol. The first kappa shape index (κ1) is 31.8. The lowest BCUT2D eigenvalue weighted by Crippen LogP contribution is -2.53. The quantitative estimate of drug-likeness (QED) is 0.188. The summed E-state index contributed by atoms with van der Waals surface area (Å²) in [6.07, 6.45) is 19.4. The van der Waals surface area contributed by atoms with E-state index in [1.807, 2.05) is 0 Å². The summed E-state index contributed by atoms with van der Waals surface area (Å²) in [6, 6.07) is 49.4. The van der Waals surface area contributed by atoms with Gasteiger partial charge in [0.25, 0.3) is 0 Å². The number of nitrogens with one attached hydrogen (secondary N) is 2. The maximum atomic E-state index is 6.89. The first-order chi connectivity index (χ1) is 26.8. The predicted octanol–water partition coefficient (Wildman–Crippen LogP) is 11.6. The summed E-state index contributed by atoms with van der Waals surface area (Å²) in [5, 5.41) is 10.6. The van der Waals surface area contributed by atoms with Crippen LogP contribution in [0.1, 0.15) is 65.3 Å². The molecule has 0 saturated carbocycles. The molecule has 0 bridgehead atoms. The van der Waals surface area contributed by atoms with Crippen LogP contribution >= 0.6 is 0 Å². The van der Waals surface area contributed by atoms with Crippen LogP contribution in [-0.4, -0.2) is 6.10 Å². The Balaban J connectivity index is 1.18. The molecule has 11 rings (SSSR count). The van der Waals surface area contributed by atoms with E-state index in [-0.39, 0.29) is 35.7 Å². The van der Waals surface area contributed by atoms with Crippen LogP contribution < -0.4 is 15.4 Å². The fourth-order valence-electron chi connectivity index (χ4n) is 10.4. The molecule has 3 aliphatic carbocycles. The van der Waals surface area contributed by atoms with Crippen LogP contribution in [0.3, 0.4) is 0 Å². The number of rotatable bonds is 5. The molecular weight excluding hydrogens is 657 g/mol. The number of fused-ring (bicyclic) bond motifs is 7. The highest BCUT2D eigenvalue weighted by molar-refractivity contribution is 6.08. The van der Waals surface area contributed by atoms with Crippen molar-refractivity contribution in [3.63, 3.8) is 0 Å². The van der Waals surface area contributed by atoms with Gasteiger partial charge in [-0.05, 0) is 92.6 Å². The third-order valence-electron chi connectivity index (χ3n) is 12.7. The summed E-state index contributed by atoms with van der Waals surface area (Å²) < 4.78 is 6.89. The van der Waals surface area contributed by atoms with Crippen molar-refractivity contribution in [1.82, 2.24) is 10.6 Å². The Morgan fingerprint density at radius 1 is 0.630 bits per heavy atom. The molecule has 0 amide bonds. The van der Waals surface area contributed by atoms with Gasteiger partial charge in [-0.1, -0.05) is 169 Å². The topological polar surface area (TPSA) is 33.3 Å². The van der Waals surface area contributed by atoms with Crippen molar-refractivity contribution in [2.75, 3.05) is 0 Å².